The lowest BCUT2D eigenvalue weighted by Gasteiger charge is -2.17. The van der Waals surface area contributed by atoms with E-state index in [0.29, 0.717) is 0 Å². The molecule has 1 rings (SSSR count). The van der Waals surface area contributed by atoms with Crippen LogP contribution in [-0.4, -0.2) is 29.8 Å². The van der Waals surface area contributed by atoms with Crippen LogP contribution in [0, 0.1) is 0 Å². The molecule has 0 radical (unpaired) electrons. The Bertz CT molecular complexity index is 436. The highest BCUT2D eigenvalue weighted by Gasteiger charge is 2.21. The molecule has 0 heterocycles. The molecule has 1 aromatic rings. The summed E-state index contributed by atoms with van der Waals surface area (Å²) in [5.41, 5.74) is 3.67. The Labute approximate surface area is 108 Å². The highest BCUT2D eigenvalue weighted by Crippen LogP contribution is 2.17. The van der Waals surface area contributed by atoms with Gasteiger partial charge in [0, 0.05) is 0 Å². The smallest absolute Gasteiger partial charge is 0.303 e. The number of nitrogens with two attached hydrogens (primary N) is 2. The number of carbonyl (C=O) groups excluding carboxylic acids is 2. The van der Waals surface area contributed by atoms with E-state index in [1.165, 1.54) is 24.3 Å². The van der Waals surface area contributed by atoms with Crippen LogP contribution in [0.1, 0.15) is 0 Å². The van der Waals surface area contributed by atoms with Gasteiger partial charge in [-0.15, -0.1) is 0 Å². The minimum atomic E-state index is -1.42. The van der Waals surface area contributed by atoms with Crippen molar-refractivity contribution in [1.29, 1.82) is 0 Å². The van der Waals surface area contributed by atoms with Gasteiger partial charge >= 0.3 is 5.91 Å². The van der Waals surface area contributed by atoms with Crippen LogP contribution >= 0.6 is 0 Å². The second kappa shape index (κ2) is 7.16. The first-order valence-electron chi connectivity index (χ1n) is 5.14. The molecular formula is C10H14N4O5. The van der Waals surface area contributed by atoms with Gasteiger partial charge in [0.1, 0.15) is 18.1 Å². The predicted molar refractivity (Wildman–Crippen MR) is 63.1 cm³/mol. The van der Waals surface area contributed by atoms with Crippen molar-refractivity contribution in [3.63, 3.8) is 0 Å². The number of nitrogens with one attached hydrogen (secondary N) is 2. The maximum atomic E-state index is 11.4. The van der Waals surface area contributed by atoms with Gasteiger partial charge in [0.25, 0.3) is 12.2 Å². The minimum absolute atomic E-state index is 0.0376. The Hall–Kier alpha value is -2.36. The number of hydrogen-bond donors (Lipinski definition) is 5. The highest BCUT2D eigenvalue weighted by atomic mass is 16.7. The van der Waals surface area contributed by atoms with Crippen molar-refractivity contribution in [2.45, 2.75) is 6.29 Å². The molecule has 9 nitrogen and oxygen atoms in total. The van der Waals surface area contributed by atoms with E-state index >= 15 is 0 Å². The van der Waals surface area contributed by atoms with Crippen molar-refractivity contribution in [3.8, 4) is 11.5 Å². The largest absolute Gasteiger partial charge is 0.508 e. The quantitative estimate of drug-likeness (QED) is 0.175. The zero-order chi connectivity index (χ0) is 14.3. The second-order valence-corrected chi connectivity index (χ2v) is 3.33. The van der Waals surface area contributed by atoms with Crippen LogP contribution in [0.3, 0.4) is 0 Å². The van der Waals surface area contributed by atoms with Gasteiger partial charge in [-0.1, -0.05) is 0 Å². The van der Waals surface area contributed by atoms with Gasteiger partial charge in [-0.3, -0.25) is 20.4 Å². The Kier molecular flexibility index (Phi) is 5.54. The first-order valence-corrected chi connectivity index (χ1v) is 5.14. The van der Waals surface area contributed by atoms with Gasteiger partial charge < -0.3 is 14.6 Å². The van der Waals surface area contributed by atoms with Gasteiger partial charge in [0.15, 0.2) is 0 Å². The standard InChI is InChI=1S/C10H14N4O5/c11-13-8(16)5-18-10(9(17)14-12)19-7-3-1-6(15)2-4-7/h1-4,10,15H,5,11-12H2,(H,13,16)(H,14,17). The summed E-state index contributed by atoms with van der Waals surface area (Å²) >= 11 is 0. The lowest BCUT2D eigenvalue weighted by atomic mass is 10.3. The fraction of sp³-hybridized carbons (Fsp3) is 0.200. The number of phenols is 1. The lowest BCUT2D eigenvalue weighted by Crippen LogP contribution is -2.45. The van der Waals surface area contributed by atoms with E-state index in [1.807, 2.05) is 10.9 Å². The number of hydrazine groups is 2. The van der Waals surface area contributed by atoms with E-state index in [2.05, 4.69) is 0 Å². The summed E-state index contributed by atoms with van der Waals surface area (Å²) in [6.07, 6.45) is -1.42. The molecule has 1 aromatic carbocycles. The number of benzene rings is 1. The minimum Gasteiger partial charge on any atom is -0.508 e. The number of phenolic OH excluding ortho intramolecular Hbond substituents is 1. The van der Waals surface area contributed by atoms with Crippen LogP contribution in [0.2, 0.25) is 0 Å². The number of carbonyl (C=O) groups is 2. The number of aromatic hydroxyl groups is 1. The predicted octanol–water partition coefficient (Wildman–Crippen LogP) is -1.91. The van der Waals surface area contributed by atoms with Crippen molar-refractivity contribution < 1.29 is 24.2 Å². The number of rotatable bonds is 6. The fourth-order valence-corrected chi connectivity index (χ4v) is 1.07. The van der Waals surface area contributed by atoms with Gasteiger partial charge in [0.2, 0.25) is 0 Å². The van der Waals surface area contributed by atoms with Crippen molar-refractivity contribution in [1.82, 2.24) is 10.9 Å². The molecule has 0 aromatic heterocycles. The molecule has 104 valence electrons. The number of ether oxygens (including phenoxy) is 2. The molecule has 0 bridgehead atoms. The van der Waals surface area contributed by atoms with Crippen LogP contribution in [0.15, 0.2) is 24.3 Å². The van der Waals surface area contributed by atoms with Gasteiger partial charge in [-0.05, 0) is 24.3 Å². The van der Waals surface area contributed by atoms with Gasteiger partial charge in [0.05, 0.1) is 0 Å². The number of amides is 2. The van der Waals surface area contributed by atoms with E-state index in [1.54, 1.807) is 0 Å². The fourth-order valence-electron chi connectivity index (χ4n) is 1.07. The molecule has 0 aliphatic heterocycles. The third-order valence-corrected chi connectivity index (χ3v) is 1.96. The summed E-state index contributed by atoms with van der Waals surface area (Å²) in [5, 5.41) is 9.10. The molecule has 1 unspecified atom stereocenters. The molecule has 0 saturated carbocycles. The zero-order valence-electron chi connectivity index (χ0n) is 9.83. The van der Waals surface area contributed by atoms with E-state index < -0.39 is 24.7 Å². The third-order valence-electron chi connectivity index (χ3n) is 1.96. The van der Waals surface area contributed by atoms with Crippen LogP contribution in [0.25, 0.3) is 0 Å². The second-order valence-electron chi connectivity index (χ2n) is 3.33. The maximum absolute atomic E-state index is 11.4. The van der Waals surface area contributed by atoms with Crippen molar-refractivity contribution in [2.24, 2.45) is 11.7 Å². The Morgan fingerprint density at radius 3 is 2.37 bits per heavy atom. The average molecular weight is 270 g/mol. The molecular weight excluding hydrogens is 256 g/mol. The van der Waals surface area contributed by atoms with Crippen LogP contribution in [0.4, 0.5) is 0 Å². The normalized spacial score (nSPS) is 11.5. The average Bonchev–Trinajstić information content (AvgIpc) is 2.44. The van der Waals surface area contributed by atoms with Crippen molar-refractivity contribution in [2.75, 3.05) is 6.61 Å². The summed E-state index contributed by atoms with van der Waals surface area (Å²) < 4.78 is 10.1. The molecule has 0 spiro atoms. The summed E-state index contributed by atoms with van der Waals surface area (Å²) in [5.74, 6) is 8.70. The molecule has 9 heteroatoms. The van der Waals surface area contributed by atoms with E-state index in [4.69, 9.17) is 26.3 Å². The number of hydrogen-bond acceptors (Lipinski definition) is 7. The maximum Gasteiger partial charge on any atom is 0.303 e. The molecule has 19 heavy (non-hydrogen) atoms. The molecule has 0 fully saturated rings. The Morgan fingerprint density at radius 1 is 1.21 bits per heavy atom. The van der Waals surface area contributed by atoms with Crippen LogP contribution in [0.5, 0.6) is 11.5 Å². The first kappa shape index (κ1) is 14.7. The molecule has 1 atom stereocenters. The van der Waals surface area contributed by atoms with Crippen molar-refractivity contribution >= 4 is 11.8 Å². The molecule has 0 saturated heterocycles. The van der Waals surface area contributed by atoms with E-state index in [0.717, 1.165) is 0 Å². The summed E-state index contributed by atoms with van der Waals surface area (Å²) in [6, 6.07) is 5.55. The Balaban J connectivity index is 2.66. The lowest BCUT2D eigenvalue weighted by molar-refractivity contribution is -0.157. The molecule has 0 aliphatic rings. The van der Waals surface area contributed by atoms with Gasteiger partial charge in [-0.25, -0.2) is 11.7 Å². The monoisotopic (exact) mass is 270 g/mol. The first-order chi connectivity index (χ1) is 9.06. The van der Waals surface area contributed by atoms with Crippen molar-refractivity contribution in [3.05, 3.63) is 24.3 Å². The van der Waals surface area contributed by atoms with E-state index in [-0.39, 0.29) is 11.5 Å². The third kappa shape index (κ3) is 4.79. The van der Waals surface area contributed by atoms with E-state index in [9.17, 15) is 9.59 Å². The van der Waals surface area contributed by atoms with Crippen LogP contribution in [-0.2, 0) is 14.3 Å². The molecule has 0 aliphatic carbocycles. The Morgan fingerprint density at radius 2 is 1.84 bits per heavy atom. The SMILES string of the molecule is NNC(=O)COC(Oc1ccc(O)cc1)C(=O)NN. The topological polar surface area (TPSA) is 149 Å². The molecule has 7 N–H and O–H groups in total. The van der Waals surface area contributed by atoms with Gasteiger partial charge in [-0.2, -0.15) is 0 Å². The summed E-state index contributed by atoms with van der Waals surface area (Å²) in [4.78, 5) is 22.3. The summed E-state index contributed by atoms with van der Waals surface area (Å²) in [7, 11) is 0. The van der Waals surface area contributed by atoms with Crippen LogP contribution < -0.4 is 27.3 Å². The zero-order valence-corrected chi connectivity index (χ0v) is 9.83. The highest BCUT2D eigenvalue weighted by molar-refractivity contribution is 5.80. The molecule has 2 amide bonds. The summed E-state index contributed by atoms with van der Waals surface area (Å²) in [6.45, 7) is -0.479.